The largest absolute Gasteiger partial charge is 0.492 e. The SMILES string of the molecule is CCCCCCCCCCCCCCCCOc1ccc(CC(=O)NCc2ccc[n+](CC)c2)cc1Cl. The van der Waals surface area contributed by atoms with Crippen LogP contribution < -0.4 is 14.6 Å². The molecule has 1 N–H and O–H groups in total. The number of unbranched alkanes of at least 4 members (excludes halogenated alkanes) is 13. The van der Waals surface area contributed by atoms with Crippen molar-refractivity contribution in [3.05, 3.63) is 58.9 Å². The Morgan fingerprint density at radius 1 is 0.838 bits per heavy atom. The Labute approximate surface area is 231 Å². The maximum atomic E-state index is 12.4. The standard InChI is InChI=1S/C32H49ClN2O2/c1-3-5-6-7-8-9-10-11-12-13-14-15-16-17-23-37-31-21-20-28(24-30(31)33)25-32(36)34-26-29-19-18-22-35(4-2)27-29/h18-22,24,27H,3-17,23,25-26H2,1-2H3/p+1. The van der Waals surface area contributed by atoms with Crippen LogP contribution in [0.3, 0.4) is 0 Å². The van der Waals surface area contributed by atoms with E-state index in [-0.39, 0.29) is 5.91 Å². The summed E-state index contributed by atoms with van der Waals surface area (Å²) in [4.78, 5) is 12.4. The van der Waals surface area contributed by atoms with Gasteiger partial charge in [0.15, 0.2) is 12.4 Å². The van der Waals surface area contributed by atoms with E-state index < -0.39 is 0 Å². The number of carbonyl (C=O) groups is 1. The Kier molecular flexibility index (Phi) is 16.8. The van der Waals surface area contributed by atoms with Crippen LogP contribution in [0.4, 0.5) is 0 Å². The first kappa shape index (κ1) is 31.1. The van der Waals surface area contributed by atoms with E-state index in [9.17, 15) is 4.79 Å². The molecule has 1 aromatic carbocycles. The highest BCUT2D eigenvalue weighted by Gasteiger charge is 2.09. The number of carbonyl (C=O) groups excluding carboxylic acids is 1. The van der Waals surface area contributed by atoms with Gasteiger partial charge in [0.25, 0.3) is 0 Å². The second-order valence-corrected chi connectivity index (χ2v) is 10.6. The highest BCUT2D eigenvalue weighted by molar-refractivity contribution is 6.32. The number of ether oxygens (including phenoxy) is 1. The van der Waals surface area contributed by atoms with Gasteiger partial charge in [-0.15, -0.1) is 0 Å². The second-order valence-electron chi connectivity index (χ2n) is 10.2. The van der Waals surface area contributed by atoms with Gasteiger partial charge in [0, 0.05) is 18.2 Å². The van der Waals surface area contributed by atoms with Crippen molar-refractivity contribution in [2.45, 2.75) is 123 Å². The molecule has 0 saturated carbocycles. The first-order valence-electron chi connectivity index (χ1n) is 14.8. The molecule has 0 bridgehead atoms. The van der Waals surface area contributed by atoms with E-state index in [0.717, 1.165) is 24.1 Å². The quantitative estimate of drug-likeness (QED) is 0.130. The van der Waals surface area contributed by atoms with E-state index in [1.54, 1.807) is 0 Å². The van der Waals surface area contributed by atoms with E-state index in [0.29, 0.717) is 30.3 Å². The van der Waals surface area contributed by atoms with Crippen LogP contribution in [0.5, 0.6) is 5.75 Å². The monoisotopic (exact) mass is 529 g/mol. The topological polar surface area (TPSA) is 42.2 Å². The molecule has 1 amide bonds. The zero-order chi connectivity index (χ0) is 26.6. The predicted molar refractivity (Wildman–Crippen MR) is 155 cm³/mol. The van der Waals surface area contributed by atoms with Crippen molar-refractivity contribution < 1.29 is 14.1 Å². The maximum Gasteiger partial charge on any atom is 0.224 e. The molecule has 0 aliphatic rings. The van der Waals surface area contributed by atoms with E-state index >= 15 is 0 Å². The smallest absolute Gasteiger partial charge is 0.224 e. The van der Waals surface area contributed by atoms with Gasteiger partial charge in [0.05, 0.1) is 18.1 Å². The molecule has 0 fully saturated rings. The summed E-state index contributed by atoms with van der Waals surface area (Å²) in [6.07, 6.45) is 23.3. The molecule has 0 radical (unpaired) electrons. The number of pyridine rings is 1. The van der Waals surface area contributed by atoms with Crippen molar-refractivity contribution in [3.8, 4) is 5.75 Å². The first-order valence-corrected chi connectivity index (χ1v) is 15.2. The fourth-order valence-corrected chi connectivity index (χ4v) is 4.83. The normalized spacial score (nSPS) is 11.0. The molecule has 0 atom stereocenters. The van der Waals surface area contributed by atoms with Crippen molar-refractivity contribution in [3.63, 3.8) is 0 Å². The number of aryl methyl sites for hydroxylation is 1. The molecule has 4 nitrogen and oxygen atoms in total. The molecular weight excluding hydrogens is 480 g/mol. The number of hydrogen-bond acceptors (Lipinski definition) is 2. The number of nitrogens with zero attached hydrogens (tertiary/aromatic N) is 1. The van der Waals surface area contributed by atoms with Gasteiger partial charge in [0.1, 0.15) is 12.3 Å². The van der Waals surface area contributed by atoms with Crippen LogP contribution >= 0.6 is 11.6 Å². The molecule has 1 aromatic heterocycles. The van der Waals surface area contributed by atoms with E-state index in [1.807, 2.05) is 36.5 Å². The Morgan fingerprint density at radius 3 is 2.05 bits per heavy atom. The average molecular weight is 530 g/mol. The molecule has 0 spiro atoms. The zero-order valence-electron chi connectivity index (χ0n) is 23.4. The third kappa shape index (κ3) is 14.4. The molecular formula is C32H50ClN2O2+. The Hall–Kier alpha value is -2.07. The van der Waals surface area contributed by atoms with Crippen molar-refractivity contribution >= 4 is 17.5 Å². The fourth-order valence-electron chi connectivity index (χ4n) is 4.58. The van der Waals surface area contributed by atoms with Crippen molar-refractivity contribution in [1.29, 1.82) is 0 Å². The third-order valence-electron chi connectivity index (χ3n) is 6.89. The Balaban J connectivity index is 1.50. The van der Waals surface area contributed by atoms with E-state index in [2.05, 4.69) is 29.9 Å². The van der Waals surface area contributed by atoms with Gasteiger partial charge in [-0.2, -0.15) is 0 Å². The molecule has 37 heavy (non-hydrogen) atoms. The van der Waals surface area contributed by atoms with E-state index in [1.165, 1.54) is 83.5 Å². The number of rotatable bonds is 21. The number of aromatic nitrogens is 1. The number of halogens is 1. The van der Waals surface area contributed by atoms with Crippen molar-refractivity contribution in [2.24, 2.45) is 0 Å². The predicted octanol–water partition coefficient (Wildman–Crippen LogP) is 8.37. The molecule has 1 heterocycles. The fraction of sp³-hybridized carbons (Fsp3) is 0.625. The summed E-state index contributed by atoms with van der Waals surface area (Å²) in [7, 11) is 0. The lowest BCUT2D eigenvalue weighted by Crippen LogP contribution is -2.33. The molecule has 2 rings (SSSR count). The summed E-state index contributed by atoms with van der Waals surface area (Å²) in [5.41, 5.74) is 1.98. The minimum atomic E-state index is -0.0148. The Bertz CT molecular complexity index is 887. The molecule has 0 aliphatic heterocycles. The summed E-state index contributed by atoms with van der Waals surface area (Å²) in [5.74, 6) is 0.688. The average Bonchev–Trinajstić information content (AvgIpc) is 2.91. The molecule has 0 saturated heterocycles. The minimum Gasteiger partial charge on any atom is -0.492 e. The lowest BCUT2D eigenvalue weighted by atomic mass is 10.0. The van der Waals surface area contributed by atoms with Gasteiger partial charge in [0.2, 0.25) is 5.91 Å². The van der Waals surface area contributed by atoms with Crippen LogP contribution in [-0.2, 0) is 24.3 Å². The molecule has 0 aliphatic carbocycles. The molecule has 0 unspecified atom stereocenters. The number of nitrogens with one attached hydrogen (secondary N) is 1. The van der Waals surface area contributed by atoms with Crippen molar-refractivity contribution in [1.82, 2.24) is 5.32 Å². The van der Waals surface area contributed by atoms with Gasteiger partial charge in [-0.25, -0.2) is 4.57 Å². The second kappa shape index (κ2) is 20.0. The van der Waals surface area contributed by atoms with Crippen LogP contribution in [-0.4, -0.2) is 12.5 Å². The van der Waals surface area contributed by atoms with Crippen LogP contribution in [0.15, 0.2) is 42.7 Å². The van der Waals surface area contributed by atoms with Gasteiger partial charge in [-0.1, -0.05) is 108 Å². The maximum absolute atomic E-state index is 12.4. The summed E-state index contributed by atoms with van der Waals surface area (Å²) in [5, 5.41) is 3.56. The molecule has 5 heteroatoms. The van der Waals surface area contributed by atoms with Gasteiger partial charge < -0.3 is 10.1 Å². The summed E-state index contributed by atoms with van der Waals surface area (Å²) >= 11 is 6.42. The van der Waals surface area contributed by atoms with Crippen LogP contribution in [0.1, 0.15) is 115 Å². The van der Waals surface area contributed by atoms with E-state index in [4.69, 9.17) is 16.3 Å². The first-order chi connectivity index (χ1) is 18.1. The summed E-state index contributed by atoms with van der Waals surface area (Å²) < 4.78 is 7.99. The summed E-state index contributed by atoms with van der Waals surface area (Å²) in [6.45, 7) is 6.49. The highest BCUT2D eigenvalue weighted by Crippen LogP contribution is 2.26. The van der Waals surface area contributed by atoms with Crippen LogP contribution in [0.2, 0.25) is 5.02 Å². The minimum absolute atomic E-state index is 0.0148. The van der Waals surface area contributed by atoms with Gasteiger partial charge in [-0.3, -0.25) is 4.79 Å². The molecule has 206 valence electrons. The van der Waals surface area contributed by atoms with Crippen LogP contribution in [0.25, 0.3) is 0 Å². The van der Waals surface area contributed by atoms with Gasteiger partial charge >= 0.3 is 0 Å². The number of hydrogen-bond donors (Lipinski definition) is 1. The summed E-state index contributed by atoms with van der Waals surface area (Å²) in [6, 6.07) is 9.68. The lowest BCUT2D eigenvalue weighted by Gasteiger charge is -2.10. The third-order valence-corrected chi connectivity index (χ3v) is 7.19. The lowest BCUT2D eigenvalue weighted by molar-refractivity contribution is -0.694. The Morgan fingerprint density at radius 2 is 1.46 bits per heavy atom. The number of benzene rings is 1. The van der Waals surface area contributed by atoms with Crippen molar-refractivity contribution in [2.75, 3.05) is 6.61 Å². The zero-order valence-corrected chi connectivity index (χ0v) is 24.2. The van der Waals surface area contributed by atoms with Gasteiger partial charge in [-0.05, 0) is 37.1 Å². The molecule has 2 aromatic rings. The number of amides is 1. The van der Waals surface area contributed by atoms with Crippen LogP contribution in [0, 0.1) is 0 Å². The highest BCUT2D eigenvalue weighted by atomic mass is 35.5.